The fourth-order valence-electron chi connectivity index (χ4n) is 2.92. The molecular formula is C23H32N2O10S. The third-order valence-electron chi connectivity index (χ3n) is 4.34. The van der Waals surface area contributed by atoms with Crippen LogP contribution in [0, 0.1) is 6.92 Å². The monoisotopic (exact) mass is 528 g/mol. The summed E-state index contributed by atoms with van der Waals surface area (Å²) in [5.41, 5.74) is -0.713. The van der Waals surface area contributed by atoms with Gasteiger partial charge in [-0.15, -0.1) is 11.8 Å². The Morgan fingerprint density at radius 3 is 2.06 bits per heavy atom. The van der Waals surface area contributed by atoms with Crippen molar-refractivity contribution in [2.45, 2.75) is 71.2 Å². The third-order valence-corrected chi connectivity index (χ3v) is 5.41. The molecule has 12 nitrogen and oxygen atoms in total. The number of carboxylic acid groups (broad SMARTS) is 1. The number of esters is 2. The quantitative estimate of drug-likeness (QED) is 0.199. The van der Waals surface area contributed by atoms with Gasteiger partial charge in [-0.3, -0.25) is 14.4 Å². The highest BCUT2D eigenvalue weighted by atomic mass is 32.2. The number of carbonyl (C=O) groups excluding carboxylic acids is 4. The van der Waals surface area contributed by atoms with E-state index >= 15 is 0 Å². The minimum absolute atomic E-state index is 0.0177. The average molecular weight is 529 g/mol. The molecule has 36 heavy (non-hydrogen) atoms. The zero-order valence-electron chi connectivity index (χ0n) is 21.2. The van der Waals surface area contributed by atoms with Crippen LogP contribution >= 0.6 is 11.8 Å². The Labute approximate surface area is 213 Å². The first-order valence-electron chi connectivity index (χ1n) is 10.8. The standard InChI is InChI=1S/C23H32N2O10S/c1-11-17(33-13(3)27)8-18(34-14(4)28)15(19(11)21(30)31)10-36-12(2)24-20(29)16(9-26)25-22(32)35-23(5,6)7/h8,12,16,26H,9-10H2,1-7H3,(H,24,29)(H,25,32)(H,30,31). The van der Waals surface area contributed by atoms with Crippen molar-refractivity contribution < 1.29 is 48.4 Å². The van der Waals surface area contributed by atoms with Crippen LogP contribution in [-0.4, -0.2) is 63.7 Å². The van der Waals surface area contributed by atoms with Gasteiger partial charge in [0.15, 0.2) is 0 Å². The first-order valence-corrected chi connectivity index (χ1v) is 11.9. The topological polar surface area (TPSA) is 178 Å². The Morgan fingerprint density at radius 1 is 1.03 bits per heavy atom. The maximum atomic E-state index is 12.5. The highest BCUT2D eigenvalue weighted by molar-refractivity contribution is 7.99. The minimum atomic E-state index is -1.33. The minimum Gasteiger partial charge on any atom is -0.478 e. The Morgan fingerprint density at radius 2 is 1.58 bits per heavy atom. The van der Waals surface area contributed by atoms with E-state index in [2.05, 4.69) is 10.6 Å². The second-order valence-electron chi connectivity index (χ2n) is 8.69. The van der Waals surface area contributed by atoms with E-state index in [1.807, 2.05) is 0 Å². The van der Waals surface area contributed by atoms with Crippen LogP contribution in [0.4, 0.5) is 4.79 Å². The van der Waals surface area contributed by atoms with Gasteiger partial charge in [-0.1, -0.05) is 0 Å². The molecule has 13 heteroatoms. The summed E-state index contributed by atoms with van der Waals surface area (Å²) < 4.78 is 15.3. The number of rotatable bonds is 10. The number of aliphatic hydroxyl groups excluding tert-OH is 1. The molecule has 0 heterocycles. The fourth-order valence-corrected chi connectivity index (χ4v) is 3.82. The van der Waals surface area contributed by atoms with Gasteiger partial charge < -0.3 is 35.1 Å². The van der Waals surface area contributed by atoms with Gasteiger partial charge in [0, 0.05) is 36.8 Å². The lowest BCUT2D eigenvalue weighted by Gasteiger charge is -2.23. The summed E-state index contributed by atoms with van der Waals surface area (Å²) in [7, 11) is 0. The first kappa shape index (κ1) is 30.7. The number of carboxylic acids is 1. The number of benzene rings is 1. The lowest BCUT2D eigenvalue weighted by atomic mass is 10.0. The van der Waals surface area contributed by atoms with Crippen LogP contribution in [0.2, 0.25) is 0 Å². The number of hydrogen-bond acceptors (Lipinski definition) is 10. The van der Waals surface area contributed by atoms with Crippen LogP contribution in [0.3, 0.4) is 0 Å². The van der Waals surface area contributed by atoms with Crippen molar-refractivity contribution >= 4 is 41.7 Å². The number of hydrogen-bond donors (Lipinski definition) is 4. The van der Waals surface area contributed by atoms with Crippen molar-refractivity contribution in [1.82, 2.24) is 10.6 Å². The molecule has 2 atom stereocenters. The van der Waals surface area contributed by atoms with Crippen LogP contribution in [0.5, 0.6) is 11.5 Å². The van der Waals surface area contributed by atoms with Crippen molar-refractivity contribution in [2.24, 2.45) is 0 Å². The highest BCUT2D eigenvalue weighted by Gasteiger charge is 2.27. The van der Waals surface area contributed by atoms with Gasteiger partial charge in [0.25, 0.3) is 0 Å². The molecule has 1 aromatic carbocycles. The second-order valence-corrected chi connectivity index (χ2v) is 10.0. The third kappa shape index (κ3) is 9.74. The van der Waals surface area contributed by atoms with Gasteiger partial charge in [0.1, 0.15) is 23.1 Å². The second kappa shape index (κ2) is 13.1. The molecule has 0 bridgehead atoms. The van der Waals surface area contributed by atoms with E-state index in [1.165, 1.54) is 13.0 Å². The fraction of sp³-hybridized carbons (Fsp3) is 0.522. The molecule has 0 fully saturated rings. The number of ether oxygens (including phenoxy) is 3. The van der Waals surface area contributed by atoms with Gasteiger partial charge in [-0.25, -0.2) is 9.59 Å². The molecule has 0 saturated heterocycles. The van der Waals surface area contributed by atoms with Gasteiger partial charge in [-0.05, 0) is 34.6 Å². The molecule has 0 aromatic heterocycles. The van der Waals surface area contributed by atoms with E-state index < -0.39 is 53.5 Å². The van der Waals surface area contributed by atoms with E-state index in [0.717, 1.165) is 25.6 Å². The van der Waals surface area contributed by atoms with Crippen molar-refractivity contribution in [3.8, 4) is 11.5 Å². The molecule has 1 rings (SSSR count). The molecule has 0 aliphatic heterocycles. The van der Waals surface area contributed by atoms with Gasteiger partial charge in [0.2, 0.25) is 5.91 Å². The van der Waals surface area contributed by atoms with Crippen LogP contribution in [-0.2, 0) is 24.9 Å². The number of amides is 2. The number of nitrogens with one attached hydrogen (secondary N) is 2. The summed E-state index contributed by atoms with van der Waals surface area (Å²) in [5.74, 6) is -3.60. The predicted octanol–water partition coefficient (Wildman–Crippen LogP) is 2.12. The van der Waals surface area contributed by atoms with Crippen molar-refractivity contribution in [3.05, 3.63) is 22.8 Å². The first-order chi connectivity index (χ1) is 16.5. The number of carbonyl (C=O) groups is 5. The summed E-state index contributed by atoms with van der Waals surface area (Å²) in [5, 5.41) is 23.6. The molecule has 2 unspecified atom stereocenters. The van der Waals surface area contributed by atoms with Gasteiger partial charge in [-0.2, -0.15) is 0 Å². The van der Waals surface area contributed by atoms with Gasteiger partial charge in [0.05, 0.1) is 17.5 Å². The summed E-state index contributed by atoms with van der Waals surface area (Å²) in [6, 6.07) is -0.0182. The largest absolute Gasteiger partial charge is 0.478 e. The van der Waals surface area contributed by atoms with E-state index in [-0.39, 0.29) is 33.9 Å². The number of aliphatic hydroxyl groups is 1. The molecule has 200 valence electrons. The molecule has 0 aliphatic carbocycles. The highest BCUT2D eigenvalue weighted by Crippen LogP contribution is 2.36. The maximum Gasteiger partial charge on any atom is 0.408 e. The lowest BCUT2D eigenvalue weighted by Crippen LogP contribution is -2.51. The average Bonchev–Trinajstić information content (AvgIpc) is 2.70. The summed E-state index contributed by atoms with van der Waals surface area (Å²) >= 11 is 1.10. The predicted molar refractivity (Wildman–Crippen MR) is 130 cm³/mol. The summed E-state index contributed by atoms with van der Waals surface area (Å²) in [6.07, 6.45) is -0.877. The number of thioether (sulfide) groups is 1. The normalized spacial score (nSPS) is 12.7. The molecule has 2 amide bonds. The van der Waals surface area contributed by atoms with Crippen molar-refractivity contribution in [3.63, 3.8) is 0 Å². The Hall–Kier alpha value is -3.32. The Bertz CT molecular complexity index is 1020. The van der Waals surface area contributed by atoms with Crippen LogP contribution in [0.1, 0.15) is 63.0 Å². The molecule has 0 aliphatic rings. The van der Waals surface area contributed by atoms with Crippen LogP contribution in [0.15, 0.2) is 6.07 Å². The zero-order valence-corrected chi connectivity index (χ0v) is 22.0. The Kier molecular flexibility index (Phi) is 11.2. The molecular weight excluding hydrogens is 496 g/mol. The number of alkyl carbamates (subject to hydrolysis) is 1. The smallest absolute Gasteiger partial charge is 0.408 e. The van der Waals surface area contributed by atoms with Gasteiger partial charge >= 0.3 is 24.0 Å². The van der Waals surface area contributed by atoms with Crippen molar-refractivity contribution in [2.75, 3.05) is 6.61 Å². The maximum absolute atomic E-state index is 12.5. The van der Waals surface area contributed by atoms with Crippen LogP contribution < -0.4 is 20.1 Å². The molecule has 0 spiro atoms. The van der Waals surface area contributed by atoms with E-state index in [4.69, 9.17) is 14.2 Å². The van der Waals surface area contributed by atoms with Crippen molar-refractivity contribution in [1.29, 1.82) is 0 Å². The molecule has 4 N–H and O–H groups in total. The zero-order chi connectivity index (χ0) is 27.8. The number of aromatic carboxylic acids is 1. The Balaban J connectivity index is 3.09. The van der Waals surface area contributed by atoms with E-state index in [9.17, 15) is 34.2 Å². The van der Waals surface area contributed by atoms with E-state index in [0.29, 0.717) is 0 Å². The summed E-state index contributed by atoms with van der Waals surface area (Å²) in [4.78, 5) is 59.5. The van der Waals surface area contributed by atoms with E-state index in [1.54, 1.807) is 27.7 Å². The molecule has 1 aromatic rings. The molecule has 0 saturated carbocycles. The summed E-state index contributed by atoms with van der Waals surface area (Å²) in [6.45, 7) is 9.61. The van der Waals surface area contributed by atoms with Crippen LogP contribution in [0.25, 0.3) is 0 Å². The lowest BCUT2D eigenvalue weighted by molar-refractivity contribution is -0.132. The molecule has 0 radical (unpaired) electrons. The SMILES string of the molecule is CC(=O)Oc1cc(OC(C)=O)c(CSC(C)NC(=O)C(CO)NC(=O)OC(C)(C)C)c(C(=O)O)c1C.